The standard InChI is InChI=1S/C15H24N2O/c1-2-3-7-13(16)12-17-10-6-11-18-15-9-5-4-8-14(15)17/h4-5,8-9,13H,2-3,6-7,10-12,16H2,1H3. The van der Waals surface area contributed by atoms with Crippen molar-refractivity contribution in [1.82, 2.24) is 0 Å². The van der Waals surface area contributed by atoms with E-state index in [2.05, 4.69) is 24.0 Å². The molecule has 2 N–H and O–H groups in total. The van der Waals surface area contributed by atoms with Gasteiger partial charge in [0.05, 0.1) is 12.3 Å². The van der Waals surface area contributed by atoms with Crippen molar-refractivity contribution < 1.29 is 4.74 Å². The van der Waals surface area contributed by atoms with E-state index < -0.39 is 0 Å². The lowest BCUT2D eigenvalue weighted by Crippen LogP contribution is -2.38. The molecule has 3 heteroatoms. The minimum absolute atomic E-state index is 0.260. The maximum atomic E-state index is 6.22. The predicted molar refractivity (Wildman–Crippen MR) is 76.3 cm³/mol. The van der Waals surface area contributed by atoms with Crippen molar-refractivity contribution in [1.29, 1.82) is 0 Å². The molecule has 1 unspecified atom stereocenters. The molecule has 0 radical (unpaired) electrons. The van der Waals surface area contributed by atoms with Gasteiger partial charge in [0.1, 0.15) is 5.75 Å². The van der Waals surface area contributed by atoms with Crippen molar-refractivity contribution in [3.63, 3.8) is 0 Å². The molecule has 18 heavy (non-hydrogen) atoms. The third kappa shape index (κ3) is 3.39. The Bertz CT molecular complexity index is 367. The minimum atomic E-state index is 0.260. The Labute approximate surface area is 110 Å². The molecule has 100 valence electrons. The summed E-state index contributed by atoms with van der Waals surface area (Å²) in [7, 11) is 0. The van der Waals surface area contributed by atoms with E-state index in [0.717, 1.165) is 38.3 Å². The van der Waals surface area contributed by atoms with E-state index in [1.807, 2.05) is 12.1 Å². The van der Waals surface area contributed by atoms with Crippen LogP contribution >= 0.6 is 0 Å². The summed E-state index contributed by atoms with van der Waals surface area (Å²) >= 11 is 0. The highest BCUT2D eigenvalue weighted by molar-refractivity contribution is 5.59. The average molecular weight is 248 g/mol. The molecule has 1 aromatic carbocycles. The first-order chi connectivity index (χ1) is 8.81. The molecule has 0 aliphatic carbocycles. The molecular formula is C15H24N2O. The highest BCUT2D eigenvalue weighted by atomic mass is 16.5. The summed E-state index contributed by atoms with van der Waals surface area (Å²) in [5.41, 5.74) is 7.41. The Hall–Kier alpha value is -1.22. The van der Waals surface area contributed by atoms with Gasteiger partial charge in [0.2, 0.25) is 0 Å². The number of fused-ring (bicyclic) bond motifs is 1. The van der Waals surface area contributed by atoms with Gasteiger partial charge in [-0.2, -0.15) is 0 Å². The number of nitrogens with two attached hydrogens (primary N) is 1. The highest BCUT2D eigenvalue weighted by Crippen LogP contribution is 2.30. The molecule has 0 fully saturated rings. The van der Waals surface area contributed by atoms with Crippen LogP contribution in [0.15, 0.2) is 24.3 Å². The fourth-order valence-corrected chi connectivity index (χ4v) is 2.43. The Balaban J connectivity index is 2.03. The first kappa shape index (κ1) is 13.2. The van der Waals surface area contributed by atoms with E-state index in [1.165, 1.54) is 18.5 Å². The summed E-state index contributed by atoms with van der Waals surface area (Å²) in [6, 6.07) is 8.53. The summed E-state index contributed by atoms with van der Waals surface area (Å²) in [5.74, 6) is 0.998. The molecule has 2 rings (SSSR count). The highest BCUT2D eigenvalue weighted by Gasteiger charge is 2.17. The van der Waals surface area contributed by atoms with Gasteiger partial charge in [-0.05, 0) is 25.0 Å². The van der Waals surface area contributed by atoms with Gasteiger partial charge in [-0.3, -0.25) is 0 Å². The molecule has 0 saturated heterocycles. The SMILES string of the molecule is CCCCC(N)CN1CCCOc2ccccc21. The van der Waals surface area contributed by atoms with Crippen molar-refractivity contribution in [2.24, 2.45) is 5.73 Å². The third-order valence-electron chi connectivity index (χ3n) is 3.42. The van der Waals surface area contributed by atoms with Crippen LogP contribution in [-0.4, -0.2) is 25.7 Å². The topological polar surface area (TPSA) is 38.5 Å². The number of para-hydroxylation sites is 2. The Morgan fingerprint density at radius 3 is 3.06 bits per heavy atom. The molecule has 3 nitrogen and oxygen atoms in total. The Morgan fingerprint density at radius 1 is 1.39 bits per heavy atom. The second kappa shape index (κ2) is 6.64. The number of rotatable bonds is 5. The molecule has 0 aromatic heterocycles. The van der Waals surface area contributed by atoms with Gasteiger partial charge in [-0.25, -0.2) is 0 Å². The van der Waals surface area contributed by atoms with Crippen molar-refractivity contribution >= 4 is 5.69 Å². The number of ether oxygens (including phenoxy) is 1. The van der Waals surface area contributed by atoms with E-state index in [4.69, 9.17) is 10.5 Å². The zero-order valence-electron chi connectivity index (χ0n) is 11.3. The Morgan fingerprint density at radius 2 is 2.22 bits per heavy atom. The second-order valence-corrected chi connectivity index (χ2v) is 5.02. The number of anilines is 1. The van der Waals surface area contributed by atoms with Gasteiger partial charge in [0.15, 0.2) is 0 Å². The minimum Gasteiger partial charge on any atom is -0.491 e. The second-order valence-electron chi connectivity index (χ2n) is 5.02. The van der Waals surface area contributed by atoms with E-state index in [1.54, 1.807) is 0 Å². The van der Waals surface area contributed by atoms with Crippen LogP contribution in [0.25, 0.3) is 0 Å². The summed E-state index contributed by atoms with van der Waals surface area (Å²) in [5, 5.41) is 0. The zero-order chi connectivity index (χ0) is 12.8. The number of hydrogen-bond acceptors (Lipinski definition) is 3. The van der Waals surface area contributed by atoms with Gasteiger partial charge in [-0.15, -0.1) is 0 Å². The summed E-state index contributed by atoms with van der Waals surface area (Å²) in [6.07, 6.45) is 4.60. The lowest BCUT2D eigenvalue weighted by Gasteiger charge is -2.27. The van der Waals surface area contributed by atoms with Crippen LogP contribution in [-0.2, 0) is 0 Å². The van der Waals surface area contributed by atoms with Crippen molar-refractivity contribution in [2.75, 3.05) is 24.6 Å². The van der Waals surface area contributed by atoms with Crippen LogP contribution in [0.2, 0.25) is 0 Å². The molecule has 1 atom stereocenters. The van der Waals surface area contributed by atoms with E-state index in [-0.39, 0.29) is 6.04 Å². The summed E-state index contributed by atoms with van der Waals surface area (Å²) in [4.78, 5) is 2.38. The van der Waals surface area contributed by atoms with Crippen molar-refractivity contribution in [2.45, 2.75) is 38.6 Å². The summed E-state index contributed by atoms with van der Waals surface area (Å²) in [6.45, 7) is 4.98. The zero-order valence-corrected chi connectivity index (χ0v) is 11.3. The number of unbranched alkanes of at least 4 members (excludes halogenated alkanes) is 1. The molecule has 0 amide bonds. The number of hydrogen-bond donors (Lipinski definition) is 1. The average Bonchev–Trinajstić information content (AvgIpc) is 2.59. The van der Waals surface area contributed by atoms with Crippen molar-refractivity contribution in [3.8, 4) is 5.75 Å². The molecule has 0 saturated carbocycles. The molecule has 0 spiro atoms. The molecule has 1 aliphatic heterocycles. The van der Waals surface area contributed by atoms with Crippen LogP contribution in [0.4, 0.5) is 5.69 Å². The maximum Gasteiger partial charge on any atom is 0.142 e. The maximum absolute atomic E-state index is 6.22. The monoisotopic (exact) mass is 248 g/mol. The Kier molecular flexibility index (Phi) is 4.88. The van der Waals surface area contributed by atoms with Crippen LogP contribution < -0.4 is 15.4 Å². The lowest BCUT2D eigenvalue weighted by atomic mass is 10.1. The first-order valence-corrected chi connectivity index (χ1v) is 7.03. The van der Waals surface area contributed by atoms with Crippen LogP contribution in [0.3, 0.4) is 0 Å². The van der Waals surface area contributed by atoms with E-state index in [9.17, 15) is 0 Å². The fourth-order valence-electron chi connectivity index (χ4n) is 2.43. The van der Waals surface area contributed by atoms with Crippen molar-refractivity contribution in [3.05, 3.63) is 24.3 Å². The van der Waals surface area contributed by atoms with Crippen LogP contribution in [0.1, 0.15) is 32.6 Å². The largest absolute Gasteiger partial charge is 0.491 e. The van der Waals surface area contributed by atoms with Gasteiger partial charge in [0, 0.05) is 19.1 Å². The van der Waals surface area contributed by atoms with Crippen LogP contribution in [0, 0.1) is 0 Å². The van der Waals surface area contributed by atoms with E-state index in [0.29, 0.717) is 0 Å². The van der Waals surface area contributed by atoms with Gasteiger partial charge >= 0.3 is 0 Å². The number of benzene rings is 1. The molecule has 0 bridgehead atoms. The molecule has 1 aliphatic rings. The molecule has 1 aromatic rings. The third-order valence-corrected chi connectivity index (χ3v) is 3.42. The van der Waals surface area contributed by atoms with E-state index >= 15 is 0 Å². The first-order valence-electron chi connectivity index (χ1n) is 7.03. The lowest BCUT2D eigenvalue weighted by molar-refractivity contribution is 0.322. The van der Waals surface area contributed by atoms with Gasteiger partial charge in [0.25, 0.3) is 0 Å². The smallest absolute Gasteiger partial charge is 0.142 e. The van der Waals surface area contributed by atoms with Gasteiger partial charge < -0.3 is 15.4 Å². The fraction of sp³-hybridized carbons (Fsp3) is 0.600. The molecular weight excluding hydrogens is 224 g/mol. The number of nitrogens with zero attached hydrogens (tertiary/aromatic N) is 1. The quantitative estimate of drug-likeness (QED) is 0.871. The normalized spacial score (nSPS) is 16.7. The predicted octanol–water partition coefficient (Wildman–Crippen LogP) is 2.79. The van der Waals surface area contributed by atoms with Crippen LogP contribution in [0.5, 0.6) is 5.75 Å². The van der Waals surface area contributed by atoms with Gasteiger partial charge in [-0.1, -0.05) is 31.9 Å². The summed E-state index contributed by atoms with van der Waals surface area (Å²) < 4.78 is 5.76. The molecule has 1 heterocycles.